The predicted octanol–water partition coefficient (Wildman–Crippen LogP) is 1.27. The molecule has 1 saturated carbocycles. The molecule has 1 amide bonds. The average molecular weight is 272 g/mol. The third-order valence-corrected chi connectivity index (χ3v) is 5.73. The summed E-state index contributed by atoms with van der Waals surface area (Å²) in [6.07, 6.45) is 6.16. The van der Waals surface area contributed by atoms with E-state index in [1.54, 1.807) is 0 Å². The Morgan fingerprint density at radius 3 is 2.72 bits per heavy atom. The van der Waals surface area contributed by atoms with E-state index in [-0.39, 0.29) is 11.8 Å². The molecule has 2 unspecified atom stereocenters. The number of hydrogen-bond acceptors (Lipinski definition) is 4. The number of hydrogen-bond donors (Lipinski definition) is 2. The molecule has 0 bridgehead atoms. The molecule has 2 aliphatic rings. The zero-order valence-electron chi connectivity index (χ0n) is 10.9. The van der Waals surface area contributed by atoms with Crippen molar-refractivity contribution in [2.75, 3.05) is 19.0 Å². The smallest absolute Gasteiger partial charge is 0.237 e. The SMILES string of the molecule is NC(=O)C1(N)CCCC1CCSC1CCOCC1. The van der Waals surface area contributed by atoms with Gasteiger partial charge in [0.1, 0.15) is 0 Å². The fraction of sp³-hybridized carbons (Fsp3) is 0.923. The molecule has 1 aliphatic heterocycles. The van der Waals surface area contributed by atoms with Crippen LogP contribution in [0.5, 0.6) is 0 Å². The maximum Gasteiger partial charge on any atom is 0.237 e. The Kier molecular flexibility index (Phi) is 4.92. The van der Waals surface area contributed by atoms with Crippen LogP contribution in [0.25, 0.3) is 0 Å². The lowest BCUT2D eigenvalue weighted by atomic mass is 9.85. The van der Waals surface area contributed by atoms with E-state index < -0.39 is 5.54 Å². The molecule has 2 rings (SSSR count). The van der Waals surface area contributed by atoms with Crippen LogP contribution in [0.15, 0.2) is 0 Å². The highest BCUT2D eigenvalue weighted by molar-refractivity contribution is 7.99. The molecule has 1 saturated heterocycles. The number of rotatable bonds is 5. The van der Waals surface area contributed by atoms with Gasteiger partial charge in [0.05, 0.1) is 5.54 Å². The summed E-state index contributed by atoms with van der Waals surface area (Å²) in [7, 11) is 0. The summed E-state index contributed by atoms with van der Waals surface area (Å²) in [6.45, 7) is 1.78. The van der Waals surface area contributed by atoms with Gasteiger partial charge in [-0.1, -0.05) is 6.42 Å². The number of carbonyl (C=O) groups excluding carboxylic acids is 1. The number of ether oxygens (including phenoxy) is 1. The molecule has 0 aromatic heterocycles. The number of thioether (sulfide) groups is 1. The van der Waals surface area contributed by atoms with Crippen LogP contribution in [-0.4, -0.2) is 35.7 Å². The van der Waals surface area contributed by atoms with Crippen molar-refractivity contribution in [2.45, 2.75) is 49.3 Å². The van der Waals surface area contributed by atoms with Gasteiger partial charge in [0.15, 0.2) is 0 Å². The molecule has 1 heterocycles. The van der Waals surface area contributed by atoms with Gasteiger partial charge in [-0.05, 0) is 43.8 Å². The highest BCUT2D eigenvalue weighted by Crippen LogP contribution is 2.37. The maximum atomic E-state index is 11.5. The van der Waals surface area contributed by atoms with Crippen molar-refractivity contribution < 1.29 is 9.53 Å². The van der Waals surface area contributed by atoms with Crippen LogP contribution < -0.4 is 11.5 Å². The number of nitrogens with two attached hydrogens (primary N) is 2. The van der Waals surface area contributed by atoms with Gasteiger partial charge in [-0.3, -0.25) is 4.79 Å². The van der Waals surface area contributed by atoms with Crippen molar-refractivity contribution in [3.63, 3.8) is 0 Å². The summed E-state index contributed by atoms with van der Waals surface area (Å²) in [5, 5.41) is 0.723. The Morgan fingerprint density at radius 1 is 1.33 bits per heavy atom. The molecular weight excluding hydrogens is 248 g/mol. The van der Waals surface area contributed by atoms with Gasteiger partial charge in [0.25, 0.3) is 0 Å². The lowest BCUT2D eigenvalue weighted by Crippen LogP contribution is -2.54. The first-order valence-corrected chi connectivity index (χ1v) is 7.96. The van der Waals surface area contributed by atoms with Crippen molar-refractivity contribution in [1.82, 2.24) is 0 Å². The van der Waals surface area contributed by atoms with Crippen LogP contribution in [0.3, 0.4) is 0 Å². The van der Waals surface area contributed by atoms with Gasteiger partial charge in [-0.25, -0.2) is 0 Å². The molecule has 4 nitrogen and oxygen atoms in total. The average Bonchev–Trinajstić information content (AvgIpc) is 2.74. The van der Waals surface area contributed by atoms with E-state index in [4.69, 9.17) is 16.2 Å². The second-order valence-electron chi connectivity index (χ2n) is 5.46. The van der Waals surface area contributed by atoms with E-state index in [0.29, 0.717) is 0 Å². The zero-order chi connectivity index (χ0) is 13.0. The fourth-order valence-electron chi connectivity index (χ4n) is 3.05. The molecule has 2 fully saturated rings. The van der Waals surface area contributed by atoms with Crippen LogP contribution in [0.1, 0.15) is 38.5 Å². The highest BCUT2D eigenvalue weighted by Gasteiger charge is 2.43. The van der Waals surface area contributed by atoms with Crippen LogP contribution in [0.2, 0.25) is 0 Å². The quantitative estimate of drug-likeness (QED) is 0.790. The van der Waals surface area contributed by atoms with E-state index in [2.05, 4.69) is 0 Å². The number of carbonyl (C=O) groups is 1. The van der Waals surface area contributed by atoms with Gasteiger partial charge in [0, 0.05) is 18.5 Å². The molecule has 0 spiro atoms. The third kappa shape index (κ3) is 3.19. The van der Waals surface area contributed by atoms with Crippen molar-refractivity contribution >= 4 is 17.7 Å². The molecule has 5 heteroatoms. The largest absolute Gasteiger partial charge is 0.381 e. The second-order valence-corrected chi connectivity index (χ2v) is 6.87. The van der Waals surface area contributed by atoms with E-state index in [0.717, 1.165) is 62.7 Å². The molecule has 0 radical (unpaired) electrons. The standard InChI is InChI=1S/C13H24N2O2S/c14-12(16)13(15)6-1-2-10(13)5-9-18-11-3-7-17-8-4-11/h10-11H,1-9,15H2,(H2,14,16). The zero-order valence-corrected chi connectivity index (χ0v) is 11.7. The first-order valence-electron chi connectivity index (χ1n) is 6.91. The fourth-order valence-corrected chi connectivity index (χ4v) is 4.33. The molecule has 104 valence electrons. The minimum atomic E-state index is -0.740. The Balaban J connectivity index is 1.74. The predicted molar refractivity (Wildman–Crippen MR) is 74.4 cm³/mol. The van der Waals surface area contributed by atoms with E-state index >= 15 is 0 Å². The van der Waals surface area contributed by atoms with Crippen LogP contribution in [-0.2, 0) is 9.53 Å². The highest BCUT2D eigenvalue weighted by atomic mass is 32.2. The van der Waals surface area contributed by atoms with Crippen molar-refractivity contribution in [3.05, 3.63) is 0 Å². The summed E-state index contributed by atoms with van der Waals surface area (Å²) in [4.78, 5) is 11.5. The number of primary amides is 1. The minimum absolute atomic E-state index is 0.280. The topological polar surface area (TPSA) is 78.3 Å². The van der Waals surface area contributed by atoms with Gasteiger partial charge in [0.2, 0.25) is 5.91 Å². The molecule has 2 atom stereocenters. The summed E-state index contributed by atoms with van der Waals surface area (Å²) in [6, 6.07) is 0. The number of amides is 1. The Hall–Kier alpha value is -0.260. The molecular formula is C13H24N2O2S. The Labute approximate surface area is 113 Å². The van der Waals surface area contributed by atoms with Gasteiger partial charge in [-0.15, -0.1) is 0 Å². The monoisotopic (exact) mass is 272 g/mol. The van der Waals surface area contributed by atoms with Crippen molar-refractivity contribution in [1.29, 1.82) is 0 Å². The van der Waals surface area contributed by atoms with Crippen LogP contribution in [0, 0.1) is 5.92 Å². The van der Waals surface area contributed by atoms with Gasteiger partial charge >= 0.3 is 0 Å². The molecule has 0 aromatic carbocycles. The normalized spacial score (nSPS) is 33.7. The molecule has 0 aromatic rings. The summed E-state index contributed by atoms with van der Waals surface area (Å²) in [5.74, 6) is 1.05. The third-order valence-electron chi connectivity index (χ3n) is 4.32. The van der Waals surface area contributed by atoms with E-state index in [1.165, 1.54) is 0 Å². The Morgan fingerprint density at radius 2 is 2.06 bits per heavy atom. The molecule has 4 N–H and O–H groups in total. The van der Waals surface area contributed by atoms with Crippen LogP contribution in [0.4, 0.5) is 0 Å². The summed E-state index contributed by atoms with van der Waals surface area (Å²) >= 11 is 2.01. The van der Waals surface area contributed by atoms with Crippen molar-refractivity contribution in [2.24, 2.45) is 17.4 Å². The molecule has 18 heavy (non-hydrogen) atoms. The van der Waals surface area contributed by atoms with Crippen LogP contribution >= 0.6 is 11.8 Å². The van der Waals surface area contributed by atoms with E-state index in [1.807, 2.05) is 11.8 Å². The van der Waals surface area contributed by atoms with E-state index in [9.17, 15) is 4.79 Å². The molecule has 1 aliphatic carbocycles. The maximum absolute atomic E-state index is 11.5. The summed E-state index contributed by atoms with van der Waals surface area (Å²) in [5.41, 5.74) is 10.9. The first-order chi connectivity index (χ1) is 8.63. The lowest BCUT2D eigenvalue weighted by Gasteiger charge is -2.28. The summed E-state index contributed by atoms with van der Waals surface area (Å²) < 4.78 is 5.35. The second kappa shape index (κ2) is 6.26. The minimum Gasteiger partial charge on any atom is -0.381 e. The lowest BCUT2D eigenvalue weighted by molar-refractivity contribution is -0.124. The Bertz CT molecular complexity index is 295. The van der Waals surface area contributed by atoms with Crippen molar-refractivity contribution in [3.8, 4) is 0 Å². The first kappa shape index (κ1) is 14.2. The van der Waals surface area contributed by atoms with Gasteiger partial charge < -0.3 is 16.2 Å². The van der Waals surface area contributed by atoms with Gasteiger partial charge in [-0.2, -0.15) is 11.8 Å².